The number of fused-ring (bicyclic) bond motifs is 1. The Labute approximate surface area is 115 Å². The molecule has 1 aromatic rings. The molecule has 0 aromatic heterocycles. The summed E-state index contributed by atoms with van der Waals surface area (Å²) in [6, 6.07) is 6.28. The van der Waals surface area contributed by atoms with Gasteiger partial charge in [-0.3, -0.25) is 9.69 Å². The van der Waals surface area contributed by atoms with E-state index >= 15 is 0 Å². The number of rotatable bonds is 4. The molecule has 0 saturated heterocycles. The Morgan fingerprint density at radius 3 is 3.06 bits per heavy atom. The van der Waals surface area contributed by atoms with E-state index in [9.17, 15) is 4.79 Å². The van der Waals surface area contributed by atoms with Crippen molar-refractivity contribution in [2.45, 2.75) is 18.9 Å². The fraction of sp³-hybridized carbons (Fsp3) is 0.357. The van der Waals surface area contributed by atoms with Crippen molar-refractivity contribution in [3.8, 4) is 12.3 Å². The number of benzene rings is 1. The van der Waals surface area contributed by atoms with E-state index in [1.807, 2.05) is 11.0 Å². The lowest BCUT2D eigenvalue weighted by Gasteiger charge is -2.25. The lowest BCUT2D eigenvalue weighted by Crippen LogP contribution is -2.33. The van der Waals surface area contributed by atoms with Crippen LogP contribution in [0.25, 0.3) is 0 Å². The molecule has 0 fully saturated rings. The lowest BCUT2D eigenvalue weighted by molar-refractivity contribution is -0.138. The maximum atomic E-state index is 10.9. The quantitative estimate of drug-likeness (QED) is 0.869. The van der Waals surface area contributed by atoms with Crippen molar-refractivity contribution in [2.24, 2.45) is 0 Å². The predicted octanol–water partition coefficient (Wildman–Crippen LogP) is 2.46. The van der Waals surface area contributed by atoms with Gasteiger partial charge in [0, 0.05) is 10.5 Å². The molecule has 1 aliphatic rings. The van der Waals surface area contributed by atoms with Gasteiger partial charge in [0.2, 0.25) is 0 Å². The van der Waals surface area contributed by atoms with Crippen LogP contribution in [0.3, 0.4) is 0 Å². The monoisotopic (exact) mass is 307 g/mol. The normalized spacial score (nSPS) is 17.5. The third-order valence-electron chi connectivity index (χ3n) is 3.22. The number of carboxylic acids is 1. The van der Waals surface area contributed by atoms with Gasteiger partial charge in [0.1, 0.15) is 0 Å². The summed E-state index contributed by atoms with van der Waals surface area (Å²) in [5.74, 6) is 1.71. The topological polar surface area (TPSA) is 40.5 Å². The summed E-state index contributed by atoms with van der Waals surface area (Å²) in [6.07, 6.45) is 7.23. The van der Waals surface area contributed by atoms with E-state index in [0.717, 1.165) is 17.3 Å². The van der Waals surface area contributed by atoms with Crippen molar-refractivity contribution in [1.82, 2.24) is 4.90 Å². The van der Waals surface area contributed by atoms with E-state index in [1.54, 1.807) is 0 Å². The Morgan fingerprint density at radius 2 is 2.39 bits per heavy atom. The SMILES string of the molecule is C#CCN(CC(=O)O)C1CCc2cc(Br)ccc21. The van der Waals surface area contributed by atoms with Crippen LogP contribution in [0.2, 0.25) is 0 Å². The zero-order valence-corrected chi connectivity index (χ0v) is 11.5. The summed E-state index contributed by atoms with van der Waals surface area (Å²) in [7, 11) is 0. The Kier molecular flexibility index (Phi) is 4.05. The first-order valence-corrected chi connectivity index (χ1v) is 6.58. The predicted molar refractivity (Wildman–Crippen MR) is 73.2 cm³/mol. The highest BCUT2D eigenvalue weighted by Gasteiger charge is 2.28. The minimum atomic E-state index is -0.837. The highest BCUT2D eigenvalue weighted by molar-refractivity contribution is 9.10. The maximum Gasteiger partial charge on any atom is 0.317 e. The first kappa shape index (κ1) is 13.1. The molecule has 1 aromatic carbocycles. The average Bonchev–Trinajstić information content (AvgIpc) is 2.70. The van der Waals surface area contributed by atoms with E-state index in [4.69, 9.17) is 11.5 Å². The first-order valence-electron chi connectivity index (χ1n) is 5.79. The first-order chi connectivity index (χ1) is 8.61. The summed E-state index contributed by atoms with van der Waals surface area (Å²) in [5, 5.41) is 8.95. The number of aryl methyl sites for hydroxylation is 1. The molecule has 2 rings (SSSR count). The molecule has 1 unspecified atom stereocenters. The molecule has 1 atom stereocenters. The number of terminal acetylenes is 1. The van der Waals surface area contributed by atoms with Crippen molar-refractivity contribution in [2.75, 3.05) is 13.1 Å². The summed E-state index contributed by atoms with van der Waals surface area (Å²) < 4.78 is 1.06. The number of aliphatic carboxylic acids is 1. The molecule has 0 aliphatic heterocycles. The van der Waals surface area contributed by atoms with Crippen LogP contribution in [0.5, 0.6) is 0 Å². The fourth-order valence-corrected chi connectivity index (χ4v) is 2.92. The van der Waals surface area contributed by atoms with Crippen molar-refractivity contribution in [1.29, 1.82) is 0 Å². The van der Waals surface area contributed by atoms with E-state index < -0.39 is 5.97 Å². The molecular formula is C14H14BrNO2. The lowest BCUT2D eigenvalue weighted by atomic mass is 10.1. The number of hydrogen-bond donors (Lipinski definition) is 1. The van der Waals surface area contributed by atoms with Crippen LogP contribution in [0.4, 0.5) is 0 Å². The van der Waals surface area contributed by atoms with Gasteiger partial charge in [0.05, 0.1) is 13.1 Å². The van der Waals surface area contributed by atoms with Crippen LogP contribution in [0.1, 0.15) is 23.6 Å². The highest BCUT2D eigenvalue weighted by atomic mass is 79.9. The van der Waals surface area contributed by atoms with Crippen molar-refractivity contribution in [3.63, 3.8) is 0 Å². The fourth-order valence-electron chi connectivity index (χ4n) is 2.51. The number of halogens is 1. The molecule has 18 heavy (non-hydrogen) atoms. The molecule has 0 radical (unpaired) electrons. The highest BCUT2D eigenvalue weighted by Crippen LogP contribution is 2.36. The zero-order chi connectivity index (χ0) is 13.1. The van der Waals surface area contributed by atoms with Crippen molar-refractivity contribution < 1.29 is 9.90 Å². The minimum absolute atomic E-state index is 0.00955. The van der Waals surface area contributed by atoms with Crippen LogP contribution < -0.4 is 0 Å². The Balaban J connectivity index is 2.24. The molecule has 0 saturated carbocycles. The largest absolute Gasteiger partial charge is 0.480 e. The van der Waals surface area contributed by atoms with Gasteiger partial charge in [-0.15, -0.1) is 6.42 Å². The smallest absolute Gasteiger partial charge is 0.317 e. The molecule has 0 spiro atoms. The standard InChI is InChI=1S/C14H14BrNO2/c1-2-7-16(9-14(17)18)13-6-3-10-8-11(15)4-5-12(10)13/h1,4-5,8,13H,3,6-7,9H2,(H,17,18). The summed E-state index contributed by atoms with van der Waals surface area (Å²) in [6.45, 7) is 0.358. The van der Waals surface area contributed by atoms with Gasteiger partial charge in [0.15, 0.2) is 0 Å². The van der Waals surface area contributed by atoms with Crippen LogP contribution in [0.15, 0.2) is 22.7 Å². The van der Waals surface area contributed by atoms with E-state index in [1.165, 1.54) is 11.1 Å². The zero-order valence-electron chi connectivity index (χ0n) is 9.90. The second-order valence-electron chi connectivity index (χ2n) is 4.40. The molecule has 4 heteroatoms. The van der Waals surface area contributed by atoms with Gasteiger partial charge < -0.3 is 5.11 Å². The molecule has 0 bridgehead atoms. The Bertz CT molecular complexity index is 507. The van der Waals surface area contributed by atoms with Crippen LogP contribution in [0, 0.1) is 12.3 Å². The third kappa shape index (κ3) is 2.74. The van der Waals surface area contributed by atoms with E-state index in [2.05, 4.69) is 34.0 Å². The molecule has 1 aliphatic carbocycles. The van der Waals surface area contributed by atoms with Gasteiger partial charge in [-0.25, -0.2) is 0 Å². The number of carbonyl (C=O) groups is 1. The summed E-state index contributed by atoms with van der Waals surface area (Å²) >= 11 is 3.45. The maximum absolute atomic E-state index is 10.9. The van der Waals surface area contributed by atoms with Gasteiger partial charge in [-0.05, 0) is 36.1 Å². The van der Waals surface area contributed by atoms with E-state index in [0.29, 0.717) is 6.54 Å². The molecule has 3 nitrogen and oxygen atoms in total. The van der Waals surface area contributed by atoms with Gasteiger partial charge in [-0.2, -0.15) is 0 Å². The minimum Gasteiger partial charge on any atom is -0.480 e. The average molecular weight is 308 g/mol. The van der Waals surface area contributed by atoms with Crippen LogP contribution >= 0.6 is 15.9 Å². The van der Waals surface area contributed by atoms with Crippen molar-refractivity contribution >= 4 is 21.9 Å². The Hall–Kier alpha value is -1.31. The Morgan fingerprint density at radius 1 is 1.61 bits per heavy atom. The number of nitrogens with zero attached hydrogens (tertiary/aromatic N) is 1. The second-order valence-corrected chi connectivity index (χ2v) is 5.32. The van der Waals surface area contributed by atoms with Gasteiger partial charge in [0.25, 0.3) is 0 Å². The number of hydrogen-bond acceptors (Lipinski definition) is 2. The molecular weight excluding hydrogens is 294 g/mol. The van der Waals surface area contributed by atoms with E-state index in [-0.39, 0.29) is 12.6 Å². The van der Waals surface area contributed by atoms with Crippen LogP contribution in [-0.4, -0.2) is 29.1 Å². The van der Waals surface area contributed by atoms with Gasteiger partial charge >= 0.3 is 5.97 Å². The molecule has 1 N–H and O–H groups in total. The van der Waals surface area contributed by atoms with Crippen molar-refractivity contribution in [3.05, 3.63) is 33.8 Å². The van der Waals surface area contributed by atoms with Gasteiger partial charge in [-0.1, -0.05) is 27.9 Å². The van der Waals surface area contributed by atoms with Crippen LogP contribution in [-0.2, 0) is 11.2 Å². The third-order valence-corrected chi connectivity index (χ3v) is 3.72. The summed E-state index contributed by atoms with van der Waals surface area (Å²) in [5.41, 5.74) is 2.48. The second kappa shape index (κ2) is 5.55. The summed E-state index contributed by atoms with van der Waals surface area (Å²) in [4.78, 5) is 12.7. The molecule has 0 amide bonds. The number of carboxylic acid groups (broad SMARTS) is 1. The molecule has 0 heterocycles. The molecule has 94 valence electrons.